The van der Waals surface area contributed by atoms with Crippen LogP contribution in [0, 0.1) is 0 Å². The summed E-state index contributed by atoms with van der Waals surface area (Å²) in [7, 11) is 0. The lowest BCUT2D eigenvalue weighted by Gasteiger charge is -2.24. The molecule has 0 saturated carbocycles. The fourth-order valence-electron chi connectivity index (χ4n) is 1.93. The number of carbonyl (C=O) groups excluding carboxylic acids is 1. The molecule has 0 aliphatic carbocycles. The van der Waals surface area contributed by atoms with Crippen LogP contribution in [0.2, 0.25) is 0 Å². The average Bonchev–Trinajstić information content (AvgIpc) is 2.23. The van der Waals surface area contributed by atoms with Crippen molar-refractivity contribution in [2.24, 2.45) is 0 Å². The van der Waals surface area contributed by atoms with Crippen molar-refractivity contribution in [3.63, 3.8) is 0 Å². The van der Waals surface area contributed by atoms with Gasteiger partial charge in [0.15, 0.2) is 0 Å². The lowest BCUT2D eigenvalue weighted by Crippen LogP contribution is -2.43. The highest BCUT2D eigenvalue weighted by Gasteiger charge is 2.18. The quantitative estimate of drug-likeness (QED) is 0.877. The standard InChI is InChI=1S/C16H26N2O/c1-15(2,3)12-9-7-8-10-13(12)17-11-14(19)18-16(4,5)6/h7-10,17H,11H2,1-6H3,(H,18,19). The van der Waals surface area contributed by atoms with E-state index in [1.165, 1.54) is 5.56 Å². The second-order valence-corrected chi connectivity index (χ2v) is 6.95. The van der Waals surface area contributed by atoms with Crippen molar-refractivity contribution in [3.05, 3.63) is 29.8 Å². The van der Waals surface area contributed by atoms with Gasteiger partial charge in [-0.3, -0.25) is 4.79 Å². The predicted octanol–water partition coefficient (Wildman–Crippen LogP) is 3.31. The van der Waals surface area contributed by atoms with E-state index in [4.69, 9.17) is 0 Å². The summed E-state index contributed by atoms with van der Waals surface area (Å²) in [5.74, 6) is 0.0104. The van der Waals surface area contributed by atoms with Crippen LogP contribution >= 0.6 is 0 Å². The normalized spacial score (nSPS) is 12.1. The van der Waals surface area contributed by atoms with Crippen LogP contribution in [-0.4, -0.2) is 18.0 Å². The molecule has 1 amide bonds. The van der Waals surface area contributed by atoms with Gasteiger partial charge in [0.2, 0.25) is 5.91 Å². The Hall–Kier alpha value is -1.51. The van der Waals surface area contributed by atoms with E-state index in [1.54, 1.807) is 0 Å². The second-order valence-electron chi connectivity index (χ2n) is 6.95. The summed E-state index contributed by atoms with van der Waals surface area (Å²) in [6.45, 7) is 12.7. The fourth-order valence-corrected chi connectivity index (χ4v) is 1.93. The van der Waals surface area contributed by atoms with Gasteiger partial charge in [0.25, 0.3) is 0 Å². The summed E-state index contributed by atoms with van der Waals surface area (Å²) >= 11 is 0. The first-order chi connectivity index (χ1) is 8.59. The molecule has 2 N–H and O–H groups in total. The van der Waals surface area contributed by atoms with Gasteiger partial charge in [-0.1, -0.05) is 39.0 Å². The van der Waals surface area contributed by atoms with E-state index in [2.05, 4.69) is 37.5 Å². The van der Waals surface area contributed by atoms with Crippen molar-refractivity contribution in [3.8, 4) is 0 Å². The first kappa shape index (κ1) is 15.5. The first-order valence-electron chi connectivity index (χ1n) is 6.74. The van der Waals surface area contributed by atoms with Crippen molar-refractivity contribution in [1.29, 1.82) is 0 Å². The first-order valence-corrected chi connectivity index (χ1v) is 6.74. The minimum absolute atomic E-state index is 0.0104. The Kier molecular flexibility index (Phi) is 4.61. The van der Waals surface area contributed by atoms with E-state index < -0.39 is 0 Å². The molecule has 0 aliphatic heterocycles. The summed E-state index contributed by atoms with van der Waals surface area (Å²) in [4.78, 5) is 11.8. The Morgan fingerprint density at radius 3 is 2.16 bits per heavy atom. The van der Waals surface area contributed by atoms with Crippen molar-refractivity contribution < 1.29 is 4.79 Å². The van der Waals surface area contributed by atoms with Gasteiger partial charge in [0.1, 0.15) is 0 Å². The molecule has 0 bridgehead atoms. The molecular weight excluding hydrogens is 236 g/mol. The van der Waals surface area contributed by atoms with Crippen molar-refractivity contribution in [1.82, 2.24) is 5.32 Å². The maximum absolute atomic E-state index is 11.8. The highest BCUT2D eigenvalue weighted by Crippen LogP contribution is 2.28. The number of amides is 1. The highest BCUT2D eigenvalue weighted by molar-refractivity contribution is 5.81. The third-order valence-corrected chi connectivity index (χ3v) is 2.69. The van der Waals surface area contributed by atoms with Crippen LogP contribution in [0.5, 0.6) is 0 Å². The number of hydrogen-bond acceptors (Lipinski definition) is 2. The number of para-hydroxylation sites is 1. The molecule has 0 saturated heterocycles. The van der Waals surface area contributed by atoms with Crippen LogP contribution in [-0.2, 0) is 10.2 Å². The molecule has 0 atom stereocenters. The number of anilines is 1. The zero-order valence-corrected chi connectivity index (χ0v) is 12.9. The van der Waals surface area contributed by atoms with Gasteiger partial charge >= 0.3 is 0 Å². The van der Waals surface area contributed by atoms with Crippen LogP contribution in [0.4, 0.5) is 5.69 Å². The summed E-state index contributed by atoms with van der Waals surface area (Å²) in [5.41, 5.74) is 2.12. The molecule has 3 nitrogen and oxygen atoms in total. The summed E-state index contributed by atoms with van der Waals surface area (Å²) in [5, 5.41) is 6.18. The molecule has 0 fully saturated rings. The Morgan fingerprint density at radius 1 is 1.05 bits per heavy atom. The van der Waals surface area contributed by atoms with Crippen molar-refractivity contribution in [2.75, 3.05) is 11.9 Å². The molecule has 0 aromatic heterocycles. The molecule has 0 unspecified atom stereocenters. The van der Waals surface area contributed by atoms with Gasteiger partial charge in [0.05, 0.1) is 6.54 Å². The summed E-state index contributed by atoms with van der Waals surface area (Å²) in [6, 6.07) is 8.13. The third kappa shape index (κ3) is 5.33. The van der Waals surface area contributed by atoms with Crippen LogP contribution in [0.3, 0.4) is 0 Å². The van der Waals surface area contributed by atoms with Crippen molar-refractivity contribution in [2.45, 2.75) is 52.5 Å². The molecule has 0 radical (unpaired) electrons. The fraction of sp³-hybridized carbons (Fsp3) is 0.562. The van der Waals surface area contributed by atoms with Gasteiger partial charge in [-0.05, 0) is 37.8 Å². The lowest BCUT2D eigenvalue weighted by molar-refractivity contribution is -0.120. The molecular formula is C16H26N2O. The topological polar surface area (TPSA) is 41.1 Å². The molecule has 0 heterocycles. The van der Waals surface area contributed by atoms with E-state index >= 15 is 0 Å². The molecule has 1 aromatic rings. The van der Waals surface area contributed by atoms with Crippen LogP contribution in [0.1, 0.15) is 47.1 Å². The molecule has 3 heteroatoms. The van der Waals surface area contributed by atoms with Crippen molar-refractivity contribution >= 4 is 11.6 Å². The maximum Gasteiger partial charge on any atom is 0.239 e. The van der Waals surface area contributed by atoms with Gasteiger partial charge < -0.3 is 10.6 Å². The van der Waals surface area contributed by atoms with E-state index in [0.29, 0.717) is 6.54 Å². The van der Waals surface area contributed by atoms with E-state index in [1.807, 2.05) is 39.0 Å². The van der Waals surface area contributed by atoms with Crippen LogP contribution in [0.25, 0.3) is 0 Å². The largest absolute Gasteiger partial charge is 0.376 e. The average molecular weight is 262 g/mol. The maximum atomic E-state index is 11.8. The van der Waals surface area contributed by atoms with Crippen LogP contribution in [0.15, 0.2) is 24.3 Å². The van der Waals surface area contributed by atoms with Gasteiger partial charge in [0, 0.05) is 11.2 Å². The zero-order chi connectivity index (χ0) is 14.7. The Labute approximate surface area is 116 Å². The summed E-state index contributed by atoms with van der Waals surface area (Å²) in [6.07, 6.45) is 0. The van der Waals surface area contributed by atoms with Gasteiger partial charge in [-0.15, -0.1) is 0 Å². The monoisotopic (exact) mass is 262 g/mol. The molecule has 106 valence electrons. The second kappa shape index (κ2) is 5.64. The Morgan fingerprint density at radius 2 is 1.63 bits per heavy atom. The lowest BCUT2D eigenvalue weighted by atomic mass is 9.86. The summed E-state index contributed by atoms with van der Waals surface area (Å²) < 4.78 is 0. The molecule has 0 aliphatic rings. The van der Waals surface area contributed by atoms with Crippen LogP contribution < -0.4 is 10.6 Å². The zero-order valence-electron chi connectivity index (χ0n) is 12.9. The number of rotatable bonds is 3. The number of benzene rings is 1. The molecule has 1 aromatic carbocycles. The Balaban J connectivity index is 2.71. The minimum Gasteiger partial charge on any atom is -0.376 e. The number of nitrogens with one attached hydrogen (secondary N) is 2. The third-order valence-electron chi connectivity index (χ3n) is 2.69. The molecule has 1 rings (SSSR count). The molecule has 0 spiro atoms. The smallest absolute Gasteiger partial charge is 0.239 e. The number of hydrogen-bond donors (Lipinski definition) is 2. The predicted molar refractivity (Wildman–Crippen MR) is 81.5 cm³/mol. The van der Waals surface area contributed by atoms with E-state index in [0.717, 1.165) is 5.69 Å². The van der Waals surface area contributed by atoms with E-state index in [9.17, 15) is 4.79 Å². The SMILES string of the molecule is CC(C)(C)NC(=O)CNc1ccccc1C(C)(C)C. The Bertz CT molecular complexity index is 439. The van der Waals surface area contributed by atoms with E-state index in [-0.39, 0.29) is 16.9 Å². The molecule has 19 heavy (non-hydrogen) atoms. The van der Waals surface area contributed by atoms with Gasteiger partial charge in [-0.25, -0.2) is 0 Å². The highest BCUT2D eigenvalue weighted by atomic mass is 16.2. The number of carbonyl (C=O) groups is 1. The minimum atomic E-state index is -0.192. The van der Waals surface area contributed by atoms with Gasteiger partial charge in [-0.2, -0.15) is 0 Å².